The van der Waals surface area contributed by atoms with E-state index >= 15 is 0 Å². The molecule has 0 spiro atoms. The third kappa shape index (κ3) is 2.56. The van der Waals surface area contributed by atoms with Gasteiger partial charge in [-0.25, -0.2) is 8.42 Å². The van der Waals surface area contributed by atoms with Gasteiger partial charge in [0.25, 0.3) is 10.0 Å². The zero-order valence-corrected chi connectivity index (χ0v) is 12.8. The summed E-state index contributed by atoms with van der Waals surface area (Å²) in [5.74, 6) is 0.505. The molecule has 5 nitrogen and oxygen atoms in total. The maximum Gasteiger partial charge on any atom is 0.266 e. The molecule has 1 aromatic carbocycles. The first-order chi connectivity index (χ1) is 9.98. The van der Waals surface area contributed by atoms with Crippen molar-refractivity contribution in [3.05, 3.63) is 47.7 Å². The minimum Gasteiger partial charge on any atom is -0.487 e. The molecule has 0 N–H and O–H groups in total. The fourth-order valence-electron chi connectivity index (χ4n) is 2.23. The lowest BCUT2D eigenvalue weighted by Crippen LogP contribution is -2.42. The van der Waals surface area contributed by atoms with Crippen LogP contribution < -0.4 is 9.04 Å². The van der Waals surface area contributed by atoms with Crippen molar-refractivity contribution in [3.63, 3.8) is 0 Å². The van der Waals surface area contributed by atoms with E-state index in [-0.39, 0.29) is 17.5 Å². The van der Waals surface area contributed by atoms with Crippen molar-refractivity contribution in [2.75, 3.05) is 10.8 Å². The molecular formula is C14H13ClN2O3S. The molecule has 0 saturated heterocycles. The highest BCUT2D eigenvalue weighted by Gasteiger charge is 2.33. The van der Waals surface area contributed by atoms with Gasteiger partial charge in [0.15, 0.2) is 0 Å². The van der Waals surface area contributed by atoms with E-state index in [1.54, 1.807) is 24.3 Å². The van der Waals surface area contributed by atoms with Gasteiger partial charge in [-0.1, -0.05) is 11.6 Å². The zero-order valence-electron chi connectivity index (χ0n) is 11.2. The van der Waals surface area contributed by atoms with Crippen molar-refractivity contribution in [3.8, 4) is 5.75 Å². The summed E-state index contributed by atoms with van der Waals surface area (Å²) < 4.78 is 32.6. The molecule has 0 aliphatic carbocycles. The Bertz CT molecular complexity index is 765. The van der Waals surface area contributed by atoms with Crippen LogP contribution in [0.2, 0.25) is 5.02 Å². The molecule has 3 rings (SSSR count). The van der Waals surface area contributed by atoms with Crippen molar-refractivity contribution in [2.24, 2.45) is 0 Å². The Labute approximate surface area is 128 Å². The molecule has 2 aromatic rings. The van der Waals surface area contributed by atoms with Gasteiger partial charge >= 0.3 is 0 Å². The van der Waals surface area contributed by atoms with E-state index < -0.39 is 10.0 Å². The van der Waals surface area contributed by atoms with Gasteiger partial charge in [-0.15, -0.1) is 0 Å². The van der Waals surface area contributed by atoms with Crippen LogP contribution in [0.5, 0.6) is 5.75 Å². The maximum absolute atomic E-state index is 12.8. The van der Waals surface area contributed by atoms with Crippen LogP contribution >= 0.6 is 11.6 Å². The number of fused-ring (bicyclic) bond motifs is 1. The average Bonchev–Trinajstić information content (AvgIpc) is 2.48. The first kappa shape index (κ1) is 14.2. The Morgan fingerprint density at radius 3 is 2.90 bits per heavy atom. The van der Waals surface area contributed by atoms with Gasteiger partial charge < -0.3 is 4.74 Å². The highest BCUT2D eigenvalue weighted by molar-refractivity contribution is 7.92. The second-order valence-electron chi connectivity index (χ2n) is 4.77. The maximum atomic E-state index is 12.8. The quantitative estimate of drug-likeness (QED) is 0.852. The number of aromatic nitrogens is 1. The zero-order chi connectivity index (χ0) is 15.0. The summed E-state index contributed by atoms with van der Waals surface area (Å²) in [5, 5.41) is 0.457. The Balaban J connectivity index is 2.13. The molecule has 0 fully saturated rings. The van der Waals surface area contributed by atoms with E-state index in [2.05, 4.69) is 4.98 Å². The van der Waals surface area contributed by atoms with Gasteiger partial charge in [0.2, 0.25) is 0 Å². The number of pyridine rings is 1. The van der Waals surface area contributed by atoms with Crippen molar-refractivity contribution in [1.82, 2.24) is 4.98 Å². The molecule has 0 bridgehead atoms. The van der Waals surface area contributed by atoms with E-state index in [0.717, 1.165) is 0 Å². The van der Waals surface area contributed by atoms with E-state index in [0.29, 0.717) is 16.5 Å². The van der Waals surface area contributed by atoms with Crippen LogP contribution in [-0.2, 0) is 10.0 Å². The van der Waals surface area contributed by atoms with Crippen LogP contribution in [0.1, 0.15) is 6.92 Å². The molecule has 1 atom stereocenters. The lowest BCUT2D eigenvalue weighted by atomic mass is 10.2. The summed E-state index contributed by atoms with van der Waals surface area (Å²) in [6, 6.07) is 8.06. The molecule has 1 aliphatic heterocycles. The summed E-state index contributed by atoms with van der Waals surface area (Å²) in [6.45, 7) is 2.05. The highest BCUT2D eigenvalue weighted by Crippen LogP contribution is 2.38. The molecule has 0 radical (unpaired) electrons. The summed E-state index contributed by atoms with van der Waals surface area (Å²) in [4.78, 5) is 4.02. The number of anilines is 1. The minimum atomic E-state index is -3.69. The summed E-state index contributed by atoms with van der Waals surface area (Å²) in [6.07, 6.45) is 2.62. The number of hydrogen-bond donors (Lipinski definition) is 0. The Hall–Kier alpha value is -1.79. The molecule has 0 saturated carbocycles. The van der Waals surface area contributed by atoms with Crippen molar-refractivity contribution in [2.45, 2.75) is 17.9 Å². The summed E-state index contributed by atoms with van der Waals surface area (Å²) in [5.41, 5.74) is 0.449. The van der Waals surface area contributed by atoms with Gasteiger partial charge in [0, 0.05) is 17.4 Å². The third-order valence-corrected chi connectivity index (χ3v) is 5.16. The van der Waals surface area contributed by atoms with E-state index in [1.807, 2.05) is 6.92 Å². The van der Waals surface area contributed by atoms with Crippen molar-refractivity contribution < 1.29 is 13.2 Å². The van der Waals surface area contributed by atoms with Crippen LogP contribution in [-0.4, -0.2) is 26.1 Å². The van der Waals surface area contributed by atoms with Gasteiger partial charge in [0.1, 0.15) is 16.7 Å². The molecule has 0 unspecified atom stereocenters. The number of sulfonamides is 1. The normalized spacial score (nSPS) is 18.0. The Morgan fingerprint density at radius 2 is 2.19 bits per heavy atom. The third-order valence-electron chi connectivity index (χ3n) is 3.16. The van der Waals surface area contributed by atoms with Crippen LogP contribution in [0.4, 0.5) is 5.69 Å². The first-order valence-corrected chi connectivity index (χ1v) is 8.19. The fraction of sp³-hybridized carbons (Fsp3) is 0.214. The molecule has 1 aliphatic rings. The van der Waals surface area contributed by atoms with Gasteiger partial charge in [0.05, 0.1) is 12.2 Å². The molecule has 110 valence electrons. The first-order valence-electron chi connectivity index (χ1n) is 6.37. The van der Waals surface area contributed by atoms with E-state index in [1.165, 1.54) is 22.8 Å². The molecule has 0 amide bonds. The number of hydrogen-bond acceptors (Lipinski definition) is 4. The van der Waals surface area contributed by atoms with Crippen molar-refractivity contribution in [1.29, 1.82) is 0 Å². The second-order valence-corrected chi connectivity index (χ2v) is 7.06. The monoisotopic (exact) mass is 324 g/mol. The highest BCUT2D eigenvalue weighted by atomic mass is 35.5. The number of ether oxygens (including phenoxy) is 1. The number of halogens is 1. The van der Waals surface area contributed by atoms with Gasteiger partial charge in [-0.3, -0.25) is 9.29 Å². The second kappa shape index (κ2) is 5.20. The molecule has 7 heteroatoms. The van der Waals surface area contributed by atoms with Crippen LogP contribution in [0.15, 0.2) is 47.6 Å². The Morgan fingerprint density at radius 1 is 1.38 bits per heavy atom. The predicted molar refractivity (Wildman–Crippen MR) is 80.3 cm³/mol. The lowest BCUT2D eigenvalue weighted by Gasteiger charge is -2.34. The van der Waals surface area contributed by atoms with Crippen LogP contribution in [0.3, 0.4) is 0 Å². The number of benzene rings is 1. The SMILES string of the molecule is C[C@@H]1CN(S(=O)(=O)c2cccnc2)c2cc(Cl)ccc2O1. The van der Waals surface area contributed by atoms with Crippen molar-refractivity contribution >= 4 is 27.3 Å². The topological polar surface area (TPSA) is 59.5 Å². The standard InChI is InChI=1S/C14H13ClN2O3S/c1-10-9-17(13-7-11(15)4-5-14(13)20-10)21(18,19)12-3-2-6-16-8-12/h2-8,10H,9H2,1H3/t10-/m1/s1. The van der Waals surface area contributed by atoms with E-state index in [9.17, 15) is 8.42 Å². The largest absolute Gasteiger partial charge is 0.487 e. The fourth-order valence-corrected chi connectivity index (χ4v) is 3.90. The molecule has 21 heavy (non-hydrogen) atoms. The van der Waals surface area contributed by atoms with Gasteiger partial charge in [-0.05, 0) is 37.3 Å². The number of nitrogens with zero attached hydrogens (tertiary/aromatic N) is 2. The Kier molecular flexibility index (Phi) is 3.51. The predicted octanol–water partition coefficient (Wildman–Crippen LogP) is 2.71. The minimum absolute atomic E-state index is 0.144. The number of rotatable bonds is 2. The molecule has 2 heterocycles. The smallest absolute Gasteiger partial charge is 0.266 e. The molecule has 1 aromatic heterocycles. The van der Waals surface area contributed by atoms with Crippen LogP contribution in [0, 0.1) is 0 Å². The summed E-state index contributed by atoms with van der Waals surface area (Å²) >= 11 is 5.99. The van der Waals surface area contributed by atoms with Crippen LogP contribution in [0.25, 0.3) is 0 Å². The average molecular weight is 325 g/mol. The molecular weight excluding hydrogens is 312 g/mol. The van der Waals surface area contributed by atoms with E-state index in [4.69, 9.17) is 16.3 Å². The summed E-state index contributed by atoms with van der Waals surface area (Å²) in [7, 11) is -3.69. The van der Waals surface area contributed by atoms with Gasteiger partial charge in [-0.2, -0.15) is 0 Å². The lowest BCUT2D eigenvalue weighted by molar-refractivity contribution is 0.219.